The molecule has 23 heavy (non-hydrogen) atoms. The van der Waals surface area contributed by atoms with E-state index in [4.69, 9.17) is 0 Å². The molecule has 0 aliphatic heterocycles. The van der Waals surface area contributed by atoms with Gasteiger partial charge < -0.3 is 0 Å². The maximum atomic E-state index is 11.8. The molecule has 0 aromatic carbocycles. The normalized spacial score (nSPS) is 12.6. The molecular weight excluding hydrogens is 280 g/mol. The Hall–Kier alpha value is -0.330. The van der Waals surface area contributed by atoms with Gasteiger partial charge in [-0.2, -0.15) is 0 Å². The lowest BCUT2D eigenvalue weighted by Gasteiger charge is -2.17. The molecule has 0 aromatic heterocycles. The van der Waals surface area contributed by atoms with Gasteiger partial charge in [-0.3, -0.25) is 4.79 Å². The van der Waals surface area contributed by atoms with E-state index in [1.807, 2.05) is 0 Å². The van der Waals surface area contributed by atoms with Crippen LogP contribution in [-0.2, 0) is 4.79 Å². The number of carbonyl (C=O) groups is 1. The molecule has 0 aromatic rings. The minimum Gasteiger partial charge on any atom is -0.300 e. The van der Waals surface area contributed by atoms with Gasteiger partial charge in [-0.1, -0.05) is 86.5 Å². The van der Waals surface area contributed by atoms with Gasteiger partial charge in [-0.15, -0.1) is 0 Å². The average molecular weight is 325 g/mol. The van der Waals surface area contributed by atoms with Crippen molar-refractivity contribution in [1.82, 2.24) is 0 Å². The first-order valence-corrected chi connectivity index (χ1v) is 10.1. The van der Waals surface area contributed by atoms with E-state index < -0.39 is 0 Å². The van der Waals surface area contributed by atoms with Crippen molar-refractivity contribution >= 4 is 5.78 Å². The molecule has 0 heterocycles. The molecule has 0 rings (SSSR count). The Morgan fingerprint density at radius 2 is 0.826 bits per heavy atom. The quantitative estimate of drug-likeness (QED) is 0.317. The highest BCUT2D eigenvalue weighted by Gasteiger charge is 2.10. The predicted octanol–water partition coefficient (Wildman–Crippen LogP) is 7.72. The first-order chi connectivity index (χ1) is 10.6. The first kappa shape index (κ1) is 22.7. The van der Waals surface area contributed by atoms with E-state index >= 15 is 0 Å². The van der Waals surface area contributed by atoms with Crippen molar-refractivity contribution in [3.8, 4) is 0 Å². The standard InChI is InChI=1S/C22H44O/c1-21(2,3)18-14-10-8-7-9-12-16-20(23)17-13-11-15-19-22(4,5)6/h7-19H2,1-6H3. The van der Waals surface area contributed by atoms with Gasteiger partial charge >= 0.3 is 0 Å². The Bertz CT molecular complexity index is 290. The number of unbranched alkanes of at least 4 members (excludes halogenated alkanes) is 7. The molecule has 0 radical (unpaired) electrons. The number of Topliss-reactive ketones (excluding diaryl/α,β-unsaturated/α-hetero) is 1. The summed E-state index contributed by atoms with van der Waals surface area (Å²) in [5.74, 6) is 0.494. The first-order valence-electron chi connectivity index (χ1n) is 10.1. The van der Waals surface area contributed by atoms with Gasteiger partial charge in [0.1, 0.15) is 5.78 Å². The monoisotopic (exact) mass is 324 g/mol. The minimum absolute atomic E-state index is 0.441. The highest BCUT2D eigenvalue weighted by molar-refractivity contribution is 5.78. The summed E-state index contributed by atoms with van der Waals surface area (Å²) < 4.78 is 0. The van der Waals surface area contributed by atoms with Crippen molar-refractivity contribution < 1.29 is 4.79 Å². The molecule has 0 amide bonds. The Kier molecular flexibility index (Phi) is 11.9. The van der Waals surface area contributed by atoms with E-state index in [1.165, 1.54) is 57.8 Å². The zero-order chi connectivity index (χ0) is 17.8. The van der Waals surface area contributed by atoms with Gasteiger partial charge in [0.25, 0.3) is 0 Å². The van der Waals surface area contributed by atoms with Gasteiger partial charge in [0.2, 0.25) is 0 Å². The molecule has 0 fully saturated rings. The molecule has 0 atom stereocenters. The lowest BCUT2D eigenvalue weighted by molar-refractivity contribution is -0.119. The summed E-state index contributed by atoms with van der Waals surface area (Å²) in [4.78, 5) is 11.8. The molecule has 0 saturated heterocycles. The fourth-order valence-electron chi connectivity index (χ4n) is 2.96. The number of ketones is 1. The highest BCUT2D eigenvalue weighted by atomic mass is 16.1. The van der Waals surface area contributed by atoms with E-state index in [-0.39, 0.29) is 0 Å². The molecule has 1 nitrogen and oxygen atoms in total. The maximum absolute atomic E-state index is 11.8. The van der Waals surface area contributed by atoms with Crippen molar-refractivity contribution in [2.75, 3.05) is 0 Å². The fraction of sp³-hybridized carbons (Fsp3) is 0.955. The van der Waals surface area contributed by atoms with E-state index in [0.29, 0.717) is 16.6 Å². The van der Waals surface area contributed by atoms with Crippen molar-refractivity contribution in [1.29, 1.82) is 0 Å². The minimum atomic E-state index is 0.441. The lowest BCUT2D eigenvalue weighted by Crippen LogP contribution is -2.04. The second-order valence-corrected chi connectivity index (χ2v) is 9.84. The summed E-state index contributed by atoms with van der Waals surface area (Å²) in [5.41, 5.74) is 0.927. The van der Waals surface area contributed by atoms with Crippen molar-refractivity contribution in [3.05, 3.63) is 0 Å². The molecule has 1 heteroatoms. The van der Waals surface area contributed by atoms with E-state index in [1.54, 1.807) is 0 Å². The molecule has 0 spiro atoms. The third-order valence-corrected chi connectivity index (χ3v) is 4.51. The third-order valence-electron chi connectivity index (χ3n) is 4.51. The van der Waals surface area contributed by atoms with Crippen LogP contribution in [0, 0.1) is 10.8 Å². The van der Waals surface area contributed by atoms with Crippen LogP contribution in [0.3, 0.4) is 0 Å². The average Bonchev–Trinajstić information content (AvgIpc) is 2.39. The van der Waals surface area contributed by atoms with Gasteiger partial charge in [0, 0.05) is 12.8 Å². The number of hydrogen-bond acceptors (Lipinski definition) is 1. The Morgan fingerprint density at radius 3 is 1.22 bits per heavy atom. The lowest BCUT2D eigenvalue weighted by atomic mass is 9.89. The number of carbonyl (C=O) groups excluding carboxylic acids is 1. The third kappa shape index (κ3) is 19.6. The molecular formula is C22H44O. The second-order valence-electron chi connectivity index (χ2n) is 9.84. The second kappa shape index (κ2) is 12.1. The van der Waals surface area contributed by atoms with Crippen LogP contribution in [0.4, 0.5) is 0 Å². The maximum Gasteiger partial charge on any atom is 0.132 e. The van der Waals surface area contributed by atoms with Crippen molar-refractivity contribution in [3.63, 3.8) is 0 Å². The predicted molar refractivity (Wildman–Crippen MR) is 104 cm³/mol. The summed E-state index contributed by atoms with van der Waals surface area (Å²) in [5, 5.41) is 0. The van der Waals surface area contributed by atoms with Gasteiger partial charge in [-0.25, -0.2) is 0 Å². The van der Waals surface area contributed by atoms with E-state index in [2.05, 4.69) is 41.5 Å². The van der Waals surface area contributed by atoms with Crippen molar-refractivity contribution in [2.24, 2.45) is 10.8 Å². The largest absolute Gasteiger partial charge is 0.300 e. The van der Waals surface area contributed by atoms with Gasteiger partial charge in [0.15, 0.2) is 0 Å². The van der Waals surface area contributed by atoms with Gasteiger partial charge in [-0.05, 0) is 36.5 Å². The van der Waals surface area contributed by atoms with E-state index in [9.17, 15) is 4.79 Å². The Labute approximate surface area is 147 Å². The highest BCUT2D eigenvalue weighted by Crippen LogP contribution is 2.23. The Morgan fingerprint density at radius 1 is 0.522 bits per heavy atom. The molecule has 0 unspecified atom stereocenters. The molecule has 0 saturated carbocycles. The van der Waals surface area contributed by atoms with Crippen LogP contribution in [0.25, 0.3) is 0 Å². The van der Waals surface area contributed by atoms with Crippen LogP contribution >= 0.6 is 0 Å². The summed E-state index contributed by atoms with van der Waals surface area (Å²) in [7, 11) is 0. The van der Waals surface area contributed by atoms with Crippen LogP contribution in [0.5, 0.6) is 0 Å². The molecule has 0 aliphatic carbocycles. The van der Waals surface area contributed by atoms with Crippen LogP contribution in [0.15, 0.2) is 0 Å². The number of rotatable bonds is 13. The smallest absolute Gasteiger partial charge is 0.132 e. The molecule has 0 bridgehead atoms. The van der Waals surface area contributed by atoms with E-state index in [0.717, 1.165) is 25.7 Å². The van der Waals surface area contributed by atoms with Crippen LogP contribution in [-0.4, -0.2) is 5.78 Å². The summed E-state index contributed by atoms with van der Waals surface area (Å²) in [6, 6.07) is 0. The number of hydrogen-bond donors (Lipinski definition) is 0. The topological polar surface area (TPSA) is 17.1 Å². The van der Waals surface area contributed by atoms with Crippen LogP contribution < -0.4 is 0 Å². The van der Waals surface area contributed by atoms with Crippen molar-refractivity contribution in [2.45, 2.75) is 125 Å². The Balaban J connectivity index is 3.31. The summed E-state index contributed by atoms with van der Waals surface area (Å²) >= 11 is 0. The zero-order valence-corrected chi connectivity index (χ0v) is 17.1. The fourth-order valence-corrected chi connectivity index (χ4v) is 2.96. The molecule has 0 N–H and O–H groups in total. The summed E-state index contributed by atoms with van der Waals surface area (Å²) in [6.07, 6.45) is 15.6. The molecule has 0 aliphatic rings. The van der Waals surface area contributed by atoms with Gasteiger partial charge in [0.05, 0.1) is 0 Å². The summed E-state index contributed by atoms with van der Waals surface area (Å²) in [6.45, 7) is 13.8. The SMILES string of the molecule is CC(C)(C)CCCCCCCCC(=O)CCCCCC(C)(C)C. The van der Waals surface area contributed by atoms with Crippen LogP contribution in [0.1, 0.15) is 125 Å². The zero-order valence-electron chi connectivity index (χ0n) is 17.1. The molecule has 138 valence electrons. The van der Waals surface area contributed by atoms with Crippen LogP contribution in [0.2, 0.25) is 0 Å².